The monoisotopic (exact) mass is 383 g/mol. The van der Waals surface area contributed by atoms with Crippen LogP contribution in [0.2, 0.25) is 0 Å². The Morgan fingerprint density at radius 3 is 2.64 bits per heavy atom. The van der Waals surface area contributed by atoms with Gasteiger partial charge in [-0.25, -0.2) is 4.39 Å². The van der Waals surface area contributed by atoms with Gasteiger partial charge in [-0.3, -0.25) is 15.6 Å². The molecule has 150 valence electrons. The van der Waals surface area contributed by atoms with Crippen molar-refractivity contribution in [2.24, 2.45) is 0 Å². The van der Waals surface area contributed by atoms with Crippen LogP contribution in [0.3, 0.4) is 0 Å². The average Bonchev–Trinajstić information content (AvgIpc) is 3.16. The van der Waals surface area contributed by atoms with Crippen LogP contribution < -0.4 is 10.9 Å². The number of amides is 1. The van der Waals surface area contributed by atoms with Crippen molar-refractivity contribution in [3.63, 3.8) is 0 Å². The van der Waals surface area contributed by atoms with Crippen molar-refractivity contribution in [3.8, 4) is 0 Å². The maximum Gasteiger partial charge on any atom is 0.253 e. The molecule has 1 saturated heterocycles. The largest absolute Gasteiger partial charge is 0.342 e. The second-order valence-electron chi connectivity index (χ2n) is 7.77. The van der Waals surface area contributed by atoms with E-state index in [0.29, 0.717) is 6.04 Å². The van der Waals surface area contributed by atoms with Crippen LogP contribution in [0.1, 0.15) is 59.6 Å². The Morgan fingerprint density at radius 1 is 1.11 bits per heavy atom. The Balaban J connectivity index is 1.33. The molecule has 1 aliphatic heterocycles. The Kier molecular flexibility index (Phi) is 7.18. The van der Waals surface area contributed by atoms with Crippen LogP contribution in [0.4, 0.5) is 4.39 Å². The van der Waals surface area contributed by atoms with Gasteiger partial charge < -0.3 is 4.90 Å². The predicted octanol–water partition coefficient (Wildman–Crippen LogP) is 4.37. The van der Waals surface area contributed by atoms with E-state index >= 15 is 0 Å². The zero-order valence-corrected chi connectivity index (χ0v) is 16.7. The summed E-state index contributed by atoms with van der Waals surface area (Å²) in [5, 5.41) is 0. The van der Waals surface area contributed by atoms with Gasteiger partial charge in [-0.15, -0.1) is 0 Å². The van der Waals surface area contributed by atoms with Gasteiger partial charge in [-0.05, 0) is 56.0 Å². The zero-order chi connectivity index (χ0) is 19.9. The van der Waals surface area contributed by atoms with Gasteiger partial charge >= 0.3 is 0 Å². The molecule has 4 nitrogen and oxygen atoms in total. The van der Waals surface area contributed by atoms with Gasteiger partial charge in [0.1, 0.15) is 5.82 Å². The first-order chi connectivity index (χ1) is 13.5. The maximum absolute atomic E-state index is 13.0. The molecule has 2 aromatic rings. The van der Waals surface area contributed by atoms with E-state index in [1.54, 1.807) is 0 Å². The highest BCUT2D eigenvalue weighted by Gasteiger charge is 2.24. The molecule has 5 heteroatoms. The van der Waals surface area contributed by atoms with Crippen molar-refractivity contribution in [1.29, 1.82) is 0 Å². The van der Waals surface area contributed by atoms with Gasteiger partial charge in [0.25, 0.3) is 5.91 Å². The molecule has 1 aliphatic rings. The molecule has 3 rings (SSSR count). The summed E-state index contributed by atoms with van der Waals surface area (Å²) < 4.78 is 13.0. The van der Waals surface area contributed by atoms with E-state index < -0.39 is 0 Å². The lowest BCUT2D eigenvalue weighted by atomic mass is 9.99. The van der Waals surface area contributed by atoms with Crippen LogP contribution in [-0.4, -0.2) is 30.4 Å². The van der Waals surface area contributed by atoms with Crippen LogP contribution in [0.5, 0.6) is 0 Å². The van der Waals surface area contributed by atoms with E-state index in [9.17, 15) is 9.18 Å². The van der Waals surface area contributed by atoms with E-state index in [1.165, 1.54) is 12.1 Å². The minimum Gasteiger partial charge on any atom is -0.342 e. The molecule has 1 amide bonds. The van der Waals surface area contributed by atoms with E-state index in [4.69, 9.17) is 0 Å². The normalized spacial score (nSPS) is 19.0. The Hall–Kier alpha value is -2.24. The molecule has 0 spiro atoms. The lowest BCUT2D eigenvalue weighted by molar-refractivity contribution is 0.0792. The number of carbonyl (C=O) groups is 1. The Morgan fingerprint density at radius 2 is 1.89 bits per heavy atom. The fourth-order valence-corrected chi connectivity index (χ4v) is 3.74. The van der Waals surface area contributed by atoms with E-state index in [-0.39, 0.29) is 17.8 Å². The van der Waals surface area contributed by atoms with E-state index in [0.717, 1.165) is 55.3 Å². The summed E-state index contributed by atoms with van der Waals surface area (Å²) in [5.41, 5.74) is 9.66. The van der Waals surface area contributed by atoms with Crippen LogP contribution in [0.15, 0.2) is 48.5 Å². The van der Waals surface area contributed by atoms with Gasteiger partial charge in [0.2, 0.25) is 0 Å². The van der Waals surface area contributed by atoms with Crippen molar-refractivity contribution in [1.82, 2.24) is 15.8 Å². The molecule has 0 saturated carbocycles. The van der Waals surface area contributed by atoms with E-state index in [2.05, 4.69) is 10.9 Å². The maximum atomic E-state index is 13.0. The molecular formula is C23H30FN3O. The SMILES string of the molecule is Cc1cccc(C(=O)N(C)CCCCCC2CC(c3ccc(F)cc3)NN2)c1. The van der Waals surface area contributed by atoms with Crippen molar-refractivity contribution in [3.05, 3.63) is 71.0 Å². The van der Waals surface area contributed by atoms with Gasteiger partial charge in [-0.1, -0.05) is 42.7 Å². The number of nitrogens with one attached hydrogen (secondary N) is 2. The molecular weight excluding hydrogens is 353 g/mol. The fourth-order valence-electron chi connectivity index (χ4n) is 3.74. The van der Waals surface area contributed by atoms with Crippen LogP contribution in [-0.2, 0) is 0 Å². The number of aryl methyl sites for hydroxylation is 1. The second-order valence-corrected chi connectivity index (χ2v) is 7.77. The second kappa shape index (κ2) is 9.80. The number of halogens is 1. The number of nitrogens with zero attached hydrogens (tertiary/aromatic N) is 1. The highest BCUT2D eigenvalue weighted by Crippen LogP contribution is 2.24. The quantitative estimate of drug-likeness (QED) is 0.665. The highest BCUT2D eigenvalue weighted by atomic mass is 19.1. The number of hydrazine groups is 1. The summed E-state index contributed by atoms with van der Waals surface area (Å²) in [7, 11) is 1.88. The first kappa shape index (κ1) is 20.5. The summed E-state index contributed by atoms with van der Waals surface area (Å²) in [6, 6.07) is 15.1. The number of benzene rings is 2. The minimum absolute atomic E-state index is 0.0903. The third kappa shape index (κ3) is 5.63. The molecule has 2 unspecified atom stereocenters. The topological polar surface area (TPSA) is 44.4 Å². The molecule has 0 radical (unpaired) electrons. The van der Waals surface area contributed by atoms with Gasteiger partial charge in [0.15, 0.2) is 0 Å². The highest BCUT2D eigenvalue weighted by molar-refractivity contribution is 5.94. The number of hydrogen-bond acceptors (Lipinski definition) is 3. The first-order valence-corrected chi connectivity index (χ1v) is 10.1. The molecule has 2 aromatic carbocycles. The van der Waals surface area contributed by atoms with Gasteiger partial charge in [0, 0.05) is 31.2 Å². The summed E-state index contributed by atoms with van der Waals surface area (Å²) in [4.78, 5) is 14.3. The smallest absolute Gasteiger partial charge is 0.253 e. The summed E-state index contributed by atoms with van der Waals surface area (Å²) in [6.45, 7) is 2.78. The molecule has 2 atom stereocenters. The molecule has 28 heavy (non-hydrogen) atoms. The Labute approximate surface area is 167 Å². The zero-order valence-electron chi connectivity index (χ0n) is 16.7. The van der Waals surface area contributed by atoms with Crippen LogP contribution >= 0.6 is 0 Å². The average molecular weight is 384 g/mol. The molecule has 0 bridgehead atoms. The molecule has 0 aliphatic carbocycles. The standard InChI is InChI=1S/C23H30FN3O/c1-17-7-6-8-19(15-17)23(28)27(2)14-5-3-4-9-21-16-22(26-25-21)18-10-12-20(24)13-11-18/h6-8,10-13,15,21-22,25-26H,3-5,9,14,16H2,1-2H3. The first-order valence-electron chi connectivity index (χ1n) is 10.1. The fraction of sp³-hybridized carbons (Fsp3) is 0.435. The molecule has 1 heterocycles. The minimum atomic E-state index is -0.197. The van der Waals surface area contributed by atoms with Crippen LogP contribution in [0, 0.1) is 12.7 Å². The molecule has 1 fully saturated rings. The third-order valence-corrected chi connectivity index (χ3v) is 5.41. The Bertz CT molecular complexity index is 778. The van der Waals surface area contributed by atoms with Crippen molar-refractivity contribution < 1.29 is 9.18 Å². The third-order valence-electron chi connectivity index (χ3n) is 5.41. The van der Waals surface area contributed by atoms with Crippen molar-refractivity contribution in [2.45, 2.75) is 51.1 Å². The summed E-state index contributed by atoms with van der Waals surface area (Å²) in [5.74, 6) is -0.107. The lowest BCUT2D eigenvalue weighted by Crippen LogP contribution is -2.30. The molecule has 0 aromatic heterocycles. The molecule has 2 N–H and O–H groups in total. The lowest BCUT2D eigenvalue weighted by Gasteiger charge is -2.17. The van der Waals surface area contributed by atoms with Crippen LogP contribution in [0.25, 0.3) is 0 Å². The van der Waals surface area contributed by atoms with E-state index in [1.807, 2.05) is 55.3 Å². The predicted molar refractivity (Wildman–Crippen MR) is 110 cm³/mol. The number of carbonyl (C=O) groups excluding carboxylic acids is 1. The summed E-state index contributed by atoms with van der Waals surface area (Å²) in [6.07, 6.45) is 5.35. The summed E-state index contributed by atoms with van der Waals surface area (Å²) >= 11 is 0. The van der Waals surface area contributed by atoms with Gasteiger partial charge in [-0.2, -0.15) is 0 Å². The number of unbranched alkanes of at least 4 members (excludes halogenated alkanes) is 2. The van der Waals surface area contributed by atoms with Crippen molar-refractivity contribution in [2.75, 3.05) is 13.6 Å². The van der Waals surface area contributed by atoms with Crippen molar-refractivity contribution >= 4 is 5.91 Å². The number of hydrogen-bond donors (Lipinski definition) is 2. The number of rotatable bonds is 8. The van der Waals surface area contributed by atoms with Gasteiger partial charge in [0.05, 0.1) is 0 Å².